The van der Waals surface area contributed by atoms with Crippen molar-refractivity contribution in [3.05, 3.63) is 64.1 Å². The maximum absolute atomic E-state index is 13.2. The van der Waals surface area contributed by atoms with Gasteiger partial charge in [0, 0.05) is 25.9 Å². The molecule has 28 heavy (non-hydrogen) atoms. The van der Waals surface area contributed by atoms with Gasteiger partial charge in [0.15, 0.2) is 11.4 Å². The van der Waals surface area contributed by atoms with Gasteiger partial charge in [-0.05, 0) is 24.8 Å². The predicted molar refractivity (Wildman–Crippen MR) is 107 cm³/mol. The van der Waals surface area contributed by atoms with Gasteiger partial charge in [0.05, 0.1) is 13.2 Å². The molecule has 1 aromatic heterocycles. The van der Waals surface area contributed by atoms with Crippen molar-refractivity contribution in [2.45, 2.75) is 31.5 Å². The number of carbonyl (C=O) groups excluding carboxylic acids is 1. The summed E-state index contributed by atoms with van der Waals surface area (Å²) >= 11 is 0. The second-order valence-corrected chi connectivity index (χ2v) is 7.05. The molecule has 1 aromatic carbocycles. The van der Waals surface area contributed by atoms with E-state index in [9.17, 15) is 14.7 Å². The third-order valence-corrected chi connectivity index (χ3v) is 5.59. The van der Waals surface area contributed by atoms with Gasteiger partial charge in [-0.25, -0.2) is 0 Å². The molecule has 1 amide bonds. The quantitative estimate of drug-likeness (QED) is 0.824. The highest BCUT2D eigenvalue weighted by atomic mass is 35.5. The van der Waals surface area contributed by atoms with Gasteiger partial charge in [0.2, 0.25) is 5.43 Å². The van der Waals surface area contributed by atoms with Gasteiger partial charge in [-0.2, -0.15) is 0 Å². The topological polar surface area (TPSA) is 75.0 Å². The smallest absolute Gasteiger partial charge is 0.278 e. The van der Waals surface area contributed by atoms with Crippen LogP contribution in [-0.2, 0) is 11.3 Å². The first-order chi connectivity index (χ1) is 13.1. The number of pyridine rings is 1. The average molecular weight is 406 g/mol. The van der Waals surface area contributed by atoms with Gasteiger partial charge in [-0.3, -0.25) is 19.3 Å². The maximum atomic E-state index is 13.2. The molecule has 0 unspecified atom stereocenters. The Morgan fingerprint density at radius 1 is 1.14 bits per heavy atom. The van der Waals surface area contributed by atoms with E-state index in [-0.39, 0.29) is 24.0 Å². The van der Waals surface area contributed by atoms with E-state index >= 15 is 0 Å². The van der Waals surface area contributed by atoms with Crippen molar-refractivity contribution in [1.82, 2.24) is 9.58 Å². The highest BCUT2D eigenvalue weighted by Gasteiger charge is 2.54. The number of nitrogens with zero attached hydrogens (tertiary/aromatic N) is 3. The molecule has 150 valence electrons. The molecule has 0 radical (unpaired) electrons. The third-order valence-electron chi connectivity index (χ3n) is 5.59. The van der Waals surface area contributed by atoms with E-state index in [1.807, 2.05) is 30.3 Å². The van der Waals surface area contributed by atoms with Gasteiger partial charge in [0.25, 0.3) is 5.91 Å². The minimum atomic E-state index is -0.550. The molecule has 7 nitrogen and oxygen atoms in total. The molecule has 1 aliphatic heterocycles. The predicted octanol–water partition coefficient (Wildman–Crippen LogP) is 2.10. The third kappa shape index (κ3) is 3.04. The number of amides is 1. The summed E-state index contributed by atoms with van der Waals surface area (Å²) in [5.74, 6) is -0.830. The number of hydrogen-bond acceptors (Lipinski definition) is 5. The normalized spacial score (nSPS) is 17.1. The number of ether oxygens (including phenoxy) is 1. The number of carbonyl (C=O) groups is 1. The monoisotopic (exact) mass is 405 g/mol. The Balaban J connectivity index is 0.00000225. The van der Waals surface area contributed by atoms with E-state index in [0.717, 1.165) is 24.8 Å². The number of hydrogen-bond donors (Lipinski definition) is 1. The van der Waals surface area contributed by atoms with Crippen molar-refractivity contribution in [2.75, 3.05) is 25.3 Å². The number of aromatic hydroxyl groups is 1. The molecular weight excluding hydrogens is 382 g/mol. The molecule has 8 heteroatoms. The van der Waals surface area contributed by atoms with Gasteiger partial charge in [0.1, 0.15) is 5.66 Å². The molecule has 1 aliphatic carbocycles. The van der Waals surface area contributed by atoms with Crippen LogP contribution in [0.1, 0.15) is 35.3 Å². The summed E-state index contributed by atoms with van der Waals surface area (Å²) in [6, 6.07) is 11.3. The Hall–Kier alpha value is -2.51. The zero-order valence-corrected chi connectivity index (χ0v) is 16.5. The van der Waals surface area contributed by atoms with Crippen LogP contribution in [0.15, 0.2) is 47.4 Å². The van der Waals surface area contributed by atoms with E-state index in [4.69, 9.17) is 4.74 Å². The van der Waals surface area contributed by atoms with Crippen molar-refractivity contribution in [1.29, 1.82) is 0 Å². The number of fused-ring (bicyclic) bond motifs is 1. The molecule has 2 aliphatic rings. The summed E-state index contributed by atoms with van der Waals surface area (Å²) < 4.78 is 6.87. The summed E-state index contributed by atoms with van der Waals surface area (Å²) in [4.78, 5) is 27.0. The lowest BCUT2D eigenvalue weighted by Crippen LogP contribution is -2.73. The summed E-state index contributed by atoms with van der Waals surface area (Å²) in [5.41, 5.74) is 0.0893. The summed E-state index contributed by atoms with van der Waals surface area (Å²) in [6.07, 6.45) is 4.28. The van der Waals surface area contributed by atoms with Gasteiger partial charge in [-0.15, -0.1) is 12.4 Å². The number of benzene rings is 1. The molecule has 1 spiro atoms. The Morgan fingerprint density at radius 3 is 2.46 bits per heavy atom. The zero-order chi connectivity index (χ0) is 19.0. The van der Waals surface area contributed by atoms with Crippen LogP contribution in [-0.4, -0.2) is 46.5 Å². The fourth-order valence-corrected chi connectivity index (χ4v) is 4.07. The van der Waals surface area contributed by atoms with Crippen LogP contribution in [0.4, 0.5) is 0 Å². The molecule has 0 bridgehead atoms. The Bertz CT molecular complexity index is 911. The molecule has 1 N–H and O–H groups in total. The second-order valence-electron chi connectivity index (χ2n) is 7.05. The number of rotatable bonds is 5. The summed E-state index contributed by atoms with van der Waals surface area (Å²) in [6.45, 7) is 1.36. The van der Waals surface area contributed by atoms with E-state index in [1.54, 1.807) is 22.9 Å². The van der Waals surface area contributed by atoms with E-state index in [2.05, 4.69) is 5.01 Å². The SMILES string of the molecule is COCCN1C(=O)c2c(O)c(=O)ccn2N(Cc2ccccc2)C12CCC2.Cl. The van der Waals surface area contributed by atoms with E-state index in [0.29, 0.717) is 19.7 Å². The van der Waals surface area contributed by atoms with Crippen LogP contribution in [0.2, 0.25) is 0 Å². The van der Waals surface area contributed by atoms with Crippen molar-refractivity contribution in [2.24, 2.45) is 0 Å². The number of halogens is 1. The van der Waals surface area contributed by atoms with Gasteiger partial charge < -0.3 is 14.7 Å². The van der Waals surface area contributed by atoms with Crippen molar-refractivity contribution < 1.29 is 14.6 Å². The lowest BCUT2D eigenvalue weighted by Gasteiger charge is -2.60. The molecular formula is C20H24ClN3O4. The fraction of sp³-hybridized carbons (Fsp3) is 0.400. The minimum absolute atomic E-state index is 0. The summed E-state index contributed by atoms with van der Waals surface area (Å²) in [7, 11) is 1.60. The second kappa shape index (κ2) is 7.85. The van der Waals surface area contributed by atoms with Crippen molar-refractivity contribution in [3.8, 4) is 5.75 Å². The van der Waals surface area contributed by atoms with Crippen molar-refractivity contribution >= 4 is 18.3 Å². The van der Waals surface area contributed by atoms with Crippen LogP contribution in [0, 0.1) is 0 Å². The molecule has 4 rings (SSSR count). The standard InChI is InChI=1S/C20H23N3O4.ClH/c1-27-13-12-21-19(26)17-18(25)16(24)8-11-22(17)23(20(21)9-5-10-20)14-15-6-3-2-4-7-15;/h2-4,6-8,11,25H,5,9-10,12-14H2,1H3;1H. The van der Waals surface area contributed by atoms with Crippen LogP contribution in [0.25, 0.3) is 0 Å². The zero-order valence-electron chi connectivity index (χ0n) is 15.7. The minimum Gasteiger partial charge on any atom is -0.502 e. The lowest BCUT2D eigenvalue weighted by atomic mass is 9.81. The first-order valence-electron chi connectivity index (χ1n) is 9.16. The molecule has 2 heterocycles. The van der Waals surface area contributed by atoms with E-state index < -0.39 is 16.8 Å². The van der Waals surface area contributed by atoms with E-state index in [1.165, 1.54) is 6.07 Å². The average Bonchev–Trinajstić information content (AvgIpc) is 2.64. The Labute approximate surface area is 169 Å². The van der Waals surface area contributed by atoms with Crippen LogP contribution in [0.3, 0.4) is 0 Å². The lowest BCUT2D eigenvalue weighted by molar-refractivity contribution is -0.0224. The van der Waals surface area contributed by atoms with Gasteiger partial charge >= 0.3 is 0 Å². The van der Waals surface area contributed by atoms with Crippen LogP contribution in [0.5, 0.6) is 5.75 Å². The molecule has 0 saturated heterocycles. The van der Waals surface area contributed by atoms with Crippen molar-refractivity contribution in [3.63, 3.8) is 0 Å². The van der Waals surface area contributed by atoms with Crippen LogP contribution >= 0.6 is 12.4 Å². The summed E-state index contributed by atoms with van der Waals surface area (Å²) in [5, 5.41) is 12.5. The highest BCUT2D eigenvalue weighted by molar-refractivity contribution is 5.97. The number of methoxy groups -OCH3 is 1. The maximum Gasteiger partial charge on any atom is 0.278 e. The Kier molecular flexibility index (Phi) is 5.67. The molecule has 1 saturated carbocycles. The first-order valence-corrected chi connectivity index (χ1v) is 9.16. The number of aromatic nitrogens is 1. The largest absolute Gasteiger partial charge is 0.502 e. The highest BCUT2D eigenvalue weighted by Crippen LogP contribution is 2.44. The first kappa shape index (κ1) is 20.2. The molecule has 0 atom stereocenters. The molecule has 2 aromatic rings. The fourth-order valence-electron chi connectivity index (χ4n) is 4.07. The molecule has 1 fully saturated rings. The Morgan fingerprint density at radius 2 is 1.86 bits per heavy atom. The van der Waals surface area contributed by atoms with Gasteiger partial charge in [-0.1, -0.05) is 30.3 Å². The van der Waals surface area contributed by atoms with Crippen LogP contribution < -0.4 is 10.4 Å².